The van der Waals surface area contributed by atoms with Gasteiger partial charge >= 0.3 is 15.6 Å². The van der Waals surface area contributed by atoms with Gasteiger partial charge in [0.2, 0.25) is 0 Å². The van der Waals surface area contributed by atoms with Gasteiger partial charge in [0, 0.05) is 13.5 Å². The molecular formula is C8H13F3O6S. The lowest BCUT2D eigenvalue weighted by Gasteiger charge is -2.36. The van der Waals surface area contributed by atoms with Gasteiger partial charge in [0.05, 0.1) is 6.10 Å². The Bertz CT molecular complexity index is 381. The molecule has 1 fully saturated rings. The lowest BCUT2D eigenvalue weighted by molar-refractivity contribution is -0.233. The van der Waals surface area contributed by atoms with Crippen molar-refractivity contribution >= 4 is 10.1 Å². The van der Waals surface area contributed by atoms with Crippen molar-refractivity contribution < 1.29 is 40.4 Å². The van der Waals surface area contributed by atoms with Gasteiger partial charge in [0.1, 0.15) is 12.2 Å². The molecule has 0 saturated carbocycles. The van der Waals surface area contributed by atoms with Crippen molar-refractivity contribution in [2.75, 3.05) is 7.11 Å². The van der Waals surface area contributed by atoms with E-state index >= 15 is 0 Å². The van der Waals surface area contributed by atoms with E-state index in [9.17, 15) is 26.7 Å². The third-order valence-electron chi connectivity index (χ3n) is 2.45. The molecule has 1 saturated heterocycles. The summed E-state index contributed by atoms with van der Waals surface area (Å²) in [6.45, 7) is 1.37. The van der Waals surface area contributed by atoms with E-state index in [1.165, 1.54) is 14.0 Å². The van der Waals surface area contributed by atoms with Gasteiger partial charge in [0.15, 0.2) is 6.29 Å². The lowest BCUT2D eigenvalue weighted by atomic mass is 10.0. The first-order valence-electron chi connectivity index (χ1n) is 4.94. The SMILES string of the molecule is CO[C@H]1C[C@@H](OS(=O)(=O)C(F)(F)F)[C@H](O)[C@@H](C)O1. The van der Waals surface area contributed by atoms with E-state index in [0.29, 0.717) is 0 Å². The second kappa shape index (κ2) is 5.29. The summed E-state index contributed by atoms with van der Waals surface area (Å²) in [5.74, 6) is 0. The molecule has 10 heteroatoms. The third kappa shape index (κ3) is 3.32. The molecule has 1 N–H and O–H groups in total. The molecule has 0 aromatic carbocycles. The van der Waals surface area contributed by atoms with Crippen molar-refractivity contribution in [3.8, 4) is 0 Å². The van der Waals surface area contributed by atoms with Crippen molar-refractivity contribution in [2.24, 2.45) is 0 Å². The Morgan fingerprint density at radius 2 is 1.94 bits per heavy atom. The van der Waals surface area contributed by atoms with Gasteiger partial charge < -0.3 is 14.6 Å². The number of aliphatic hydroxyl groups excluding tert-OH is 1. The molecule has 4 atom stereocenters. The Hall–Kier alpha value is -0.420. The minimum atomic E-state index is -5.76. The maximum Gasteiger partial charge on any atom is 0.523 e. The second-order valence-electron chi connectivity index (χ2n) is 3.77. The highest BCUT2D eigenvalue weighted by Crippen LogP contribution is 2.30. The van der Waals surface area contributed by atoms with Crippen LogP contribution in [0.25, 0.3) is 0 Å². The number of hydrogen-bond donors (Lipinski definition) is 1. The summed E-state index contributed by atoms with van der Waals surface area (Å²) in [5, 5.41) is 9.54. The summed E-state index contributed by atoms with van der Waals surface area (Å²) < 4.78 is 71.9. The number of rotatable bonds is 3. The number of halogens is 3. The first-order chi connectivity index (χ1) is 8.08. The summed E-state index contributed by atoms with van der Waals surface area (Å²) in [4.78, 5) is 0. The molecule has 0 spiro atoms. The molecule has 0 unspecified atom stereocenters. The summed E-state index contributed by atoms with van der Waals surface area (Å²) in [7, 11) is -4.52. The molecule has 1 heterocycles. The first kappa shape index (κ1) is 15.6. The predicted molar refractivity (Wildman–Crippen MR) is 51.8 cm³/mol. The first-order valence-corrected chi connectivity index (χ1v) is 6.35. The van der Waals surface area contributed by atoms with Gasteiger partial charge in [0.25, 0.3) is 0 Å². The molecule has 1 aliphatic rings. The molecule has 6 nitrogen and oxygen atoms in total. The Balaban J connectivity index is 2.82. The quantitative estimate of drug-likeness (QED) is 0.598. The fourth-order valence-electron chi connectivity index (χ4n) is 1.47. The fourth-order valence-corrected chi connectivity index (χ4v) is 2.10. The minimum absolute atomic E-state index is 0.322. The van der Waals surface area contributed by atoms with Crippen LogP contribution in [-0.4, -0.2) is 50.7 Å². The van der Waals surface area contributed by atoms with Gasteiger partial charge in [-0.1, -0.05) is 0 Å². The maximum atomic E-state index is 12.1. The second-order valence-corrected chi connectivity index (χ2v) is 5.33. The van der Waals surface area contributed by atoms with E-state index in [1.54, 1.807) is 0 Å². The molecular weight excluding hydrogens is 281 g/mol. The molecule has 0 radical (unpaired) electrons. The molecule has 0 amide bonds. The minimum Gasteiger partial charge on any atom is -0.388 e. The van der Waals surface area contributed by atoms with Crippen LogP contribution >= 0.6 is 0 Å². The van der Waals surface area contributed by atoms with Crippen LogP contribution in [0, 0.1) is 0 Å². The van der Waals surface area contributed by atoms with Crippen molar-refractivity contribution in [3.05, 3.63) is 0 Å². The van der Waals surface area contributed by atoms with Gasteiger partial charge in [-0.15, -0.1) is 0 Å². The zero-order chi connectivity index (χ0) is 14.1. The highest BCUT2D eigenvalue weighted by atomic mass is 32.2. The Morgan fingerprint density at radius 1 is 1.39 bits per heavy atom. The van der Waals surface area contributed by atoms with Crippen molar-refractivity contribution in [3.63, 3.8) is 0 Å². The van der Waals surface area contributed by atoms with Gasteiger partial charge in [-0.25, -0.2) is 0 Å². The van der Waals surface area contributed by atoms with Crippen molar-refractivity contribution in [1.82, 2.24) is 0 Å². The Labute approximate surface area is 102 Å². The summed E-state index contributed by atoms with van der Waals surface area (Å²) >= 11 is 0. The van der Waals surface area contributed by atoms with Crippen molar-refractivity contribution in [2.45, 2.75) is 43.5 Å². The molecule has 1 aliphatic heterocycles. The van der Waals surface area contributed by atoms with Crippen LogP contribution in [0.4, 0.5) is 13.2 Å². The van der Waals surface area contributed by atoms with E-state index in [2.05, 4.69) is 4.18 Å². The zero-order valence-electron chi connectivity index (χ0n) is 9.55. The van der Waals surface area contributed by atoms with Crippen LogP contribution in [0.3, 0.4) is 0 Å². The van der Waals surface area contributed by atoms with Crippen LogP contribution in [0.2, 0.25) is 0 Å². The summed E-state index contributed by atoms with van der Waals surface area (Å²) in [6.07, 6.45) is -5.22. The largest absolute Gasteiger partial charge is 0.523 e. The van der Waals surface area contributed by atoms with Crippen LogP contribution in [-0.2, 0) is 23.8 Å². The third-order valence-corrected chi connectivity index (χ3v) is 3.52. The molecule has 0 aromatic heterocycles. The normalized spacial score (nSPS) is 34.6. The monoisotopic (exact) mass is 294 g/mol. The molecule has 18 heavy (non-hydrogen) atoms. The topological polar surface area (TPSA) is 82.1 Å². The highest BCUT2D eigenvalue weighted by Gasteiger charge is 2.51. The Morgan fingerprint density at radius 3 is 2.39 bits per heavy atom. The van der Waals surface area contributed by atoms with E-state index in [1.807, 2.05) is 0 Å². The van der Waals surface area contributed by atoms with E-state index in [4.69, 9.17) is 9.47 Å². The summed E-state index contributed by atoms with van der Waals surface area (Å²) in [6, 6.07) is 0. The van der Waals surface area contributed by atoms with Crippen LogP contribution in [0.1, 0.15) is 13.3 Å². The number of ether oxygens (including phenoxy) is 2. The smallest absolute Gasteiger partial charge is 0.388 e. The zero-order valence-corrected chi connectivity index (χ0v) is 10.4. The van der Waals surface area contributed by atoms with Gasteiger partial charge in [-0.05, 0) is 6.92 Å². The molecule has 1 rings (SSSR count). The van der Waals surface area contributed by atoms with Crippen LogP contribution < -0.4 is 0 Å². The predicted octanol–water partition coefficient (Wildman–Crippen LogP) is 0.363. The standard InChI is InChI=1S/C8H13F3O6S/c1-4-7(12)5(3-6(15-2)16-4)17-18(13,14)8(9,10)11/h4-7,12H,3H2,1-2H3/t4-,5-,6-,7-/m1/s1. The molecule has 108 valence electrons. The van der Waals surface area contributed by atoms with E-state index < -0.39 is 40.2 Å². The lowest BCUT2D eigenvalue weighted by Crippen LogP contribution is -2.50. The average molecular weight is 294 g/mol. The fraction of sp³-hybridized carbons (Fsp3) is 1.00. The molecule has 0 aliphatic carbocycles. The number of hydrogen-bond acceptors (Lipinski definition) is 6. The van der Waals surface area contributed by atoms with Crippen LogP contribution in [0.15, 0.2) is 0 Å². The van der Waals surface area contributed by atoms with Crippen molar-refractivity contribution in [1.29, 1.82) is 0 Å². The average Bonchev–Trinajstić information content (AvgIpc) is 2.22. The number of methoxy groups -OCH3 is 1. The van der Waals surface area contributed by atoms with Gasteiger partial charge in [-0.3, -0.25) is 4.18 Å². The Kier molecular flexibility index (Phi) is 4.60. The van der Waals surface area contributed by atoms with Gasteiger partial charge in [-0.2, -0.15) is 21.6 Å². The maximum absolute atomic E-state index is 12.1. The van der Waals surface area contributed by atoms with Crippen LogP contribution in [0.5, 0.6) is 0 Å². The highest BCUT2D eigenvalue weighted by molar-refractivity contribution is 7.87. The van der Waals surface area contributed by atoms with E-state index in [-0.39, 0.29) is 6.42 Å². The summed E-state index contributed by atoms with van der Waals surface area (Å²) in [5.41, 5.74) is -5.53. The van der Waals surface area contributed by atoms with E-state index in [0.717, 1.165) is 0 Å². The molecule has 0 bridgehead atoms. The number of alkyl halides is 3. The molecule has 0 aromatic rings. The number of aliphatic hydroxyl groups is 1.